The molecule has 2 aromatic carbocycles. The van der Waals surface area contributed by atoms with E-state index in [1.54, 1.807) is 0 Å². The lowest BCUT2D eigenvalue weighted by Gasteiger charge is -2.30. The van der Waals surface area contributed by atoms with E-state index >= 15 is 0 Å². The number of hydrogen-bond acceptors (Lipinski definition) is 4. The Hall–Kier alpha value is -2.69. The van der Waals surface area contributed by atoms with Gasteiger partial charge in [-0.15, -0.1) is 0 Å². The van der Waals surface area contributed by atoms with Crippen molar-refractivity contribution in [2.45, 2.75) is 92.4 Å². The summed E-state index contributed by atoms with van der Waals surface area (Å²) in [6, 6.07) is 15.5. The predicted octanol–water partition coefficient (Wildman–Crippen LogP) is 7.15. The highest BCUT2D eigenvalue weighted by Crippen LogP contribution is 2.32. The maximum absolute atomic E-state index is 10.0. The fourth-order valence-electron chi connectivity index (χ4n) is 5.40. The summed E-state index contributed by atoms with van der Waals surface area (Å²) in [6.45, 7) is 16.3. The van der Waals surface area contributed by atoms with Crippen LogP contribution < -0.4 is 4.74 Å². The lowest BCUT2D eigenvalue weighted by atomic mass is 9.92. The van der Waals surface area contributed by atoms with Gasteiger partial charge in [0.25, 0.3) is 0 Å². The zero-order valence-electron chi connectivity index (χ0n) is 23.6. The zero-order chi connectivity index (χ0) is 26.5. The van der Waals surface area contributed by atoms with Gasteiger partial charge in [-0.25, -0.2) is 0 Å². The van der Waals surface area contributed by atoms with Crippen molar-refractivity contribution in [3.05, 3.63) is 81.5 Å². The van der Waals surface area contributed by atoms with Crippen molar-refractivity contribution in [3.8, 4) is 17.0 Å². The predicted molar refractivity (Wildman–Crippen MR) is 153 cm³/mol. The number of pyridine rings is 1. The molecule has 4 heteroatoms. The fraction of sp³-hybridized carbons (Fsp3) is 0.485. The number of piperidine rings is 1. The molecule has 3 aromatic rings. The molecule has 0 aliphatic carbocycles. The number of ether oxygens (including phenoxy) is 1. The van der Waals surface area contributed by atoms with Gasteiger partial charge in [0.1, 0.15) is 12.4 Å². The highest BCUT2D eigenvalue weighted by atomic mass is 16.5. The van der Waals surface area contributed by atoms with Crippen LogP contribution in [0, 0.1) is 13.8 Å². The second kappa shape index (κ2) is 12.2. The third-order valence-electron chi connectivity index (χ3n) is 7.88. The van der Waals surface area contributed by atoms with Crippen molar-refractivity contribution in [3.63, 3.8) is 0 Å². The van der Waals surface area contributed by atoms with Crippen LogP contribution in [0.2, 0.25) is 0 Å². The van der Waals surface area contributed by atoms with E-state index < -0.39 is 0 Å². The number of hydrogen-bond donors (Lipinski definition) is 1. The van der Waals surface area contributed by atoms with Crippen LogP contribution in [-0.4, -0.2) is 34.2 Å². The Morgan fingerprint density at radius 1 is 0.973 bits per heavy atom. The molecule has 0 amide bonds. The maximum atomic E-state index is 10.0. The van der Waals surface area contributed by atoms with Crippen LogP contribution in [0.5, 0.6) is 5.75 Å². The molecule has 0 atom stereocenters. The molecular formula is C33H44N2O2. The molecule has 0 saturated carbocycles. The lowest BCUT2D eigenvalue weighted by molar-refractivity contribution is 0.0789. The van der Waals surface area contributed by atoms with E-state index in [2.05, 4.69) is 88.9 Å². The van der Waals surface area contributed by atoms with Crippen LogP contribution in [0.15, 0.2) is 42.5 Å². The van der Waals surface area contributed by atoms with Gasteiger partial charge in [0.05, 0.1) is 11.8 Å². The molecule has 0 unspecified atom stereocenters. The molecule has 0 radical (unpaired) electrons. The number of aliphatic hydroxyl groups excluding tert-OH is 1. The quantitative estimate of drug-likeness (QED) is 0.339. The summed E-state index contributed by atoms with van der Waals surface area (Å²) in [7, 11) is 0. The first-order valence-electron chi connectivity index (χ1n) is 14.0. The number of rotatable bonds is 9. The van der Waals surface area contributed by atoms with Gasteiger partial charge in [-0.2, -0.15) is 0 Å². The van der Waals surface area contributed by atoms with Gasteiger partial charge in [0.2, 0.25) is 0 Å². The average Bonchev–Trinajstić information content (AvgIpc) is 2.89. The normalized spacial score (nSPS) is 14.9. The molecule has 0 bridgehead atoms. The van der Waals surface area contributed by atoms with Crippen LogP contribution >= 0.6 is 0 Å². The largest absolute Gasteiger partial charge is 0.489 e. The van der Waals surface area contributed by atoms with Crippen LogP contribution in [-0.2, 0) is 26.0 Å². The Balaban J connectivity index is 1.73. The summed E-state index contributed by atoms with van der Waals surface area (Å²) in [6.07, 6.45) is 3.47. The first-order chi connectivity index (χ1) is 17.8. The van der Waals surface area contributed by atoms with Gasteiger partial charge in [-0.05, 0) is 85.4 Å². The monoisotopic (exact) mass is 500 g/mol. The summed E-state index contributed by atoms with van der Waals surface area (Å²) in [5.41, 5.74) is 11.0. The topological polar surface area (TPSA) is 45.6 Å². The van der Waals surface area contributed by atoms with Gasteiger partial charge < -0.3 is 9.84 Å². The molecule has 4 rings (SSSR count). The average molecular weight is 501 g/mol. The summed E-state index contributed by atoms with van der Waals surface area (Å²) >= 11 is 0. The van der Waals surface area contributed by atoms with E-state index in [-0.39, 0.29) is 6.10 Å². The van der Waals surface area contributed by atoms with E-state index in [1.165, 1.54) is 33.4 Å². The molecule has 1 aliphatic heterocycles. The molecule has 1 aromatic heterocycles. The van der Waals surface area contributed by atoms with Crippen LogP contribution in [0.25, 0.3) is 11.3 Å². The molecule has 198 valence electrons. The van der Waals surface area contributed by atoms with E-state index in [0.717, 1.165) is 68.0 Å². The van der Waals surface area contributed by atoms with Gasteiger partial charge in [-0.3, -0.25) is 9.88 Å². The molecule has 0 spiro atoms. The zero-order valence-corrected chi connectivity index (χ0v) is 23.6. The summed E-state index contributed by atoms with van der Waals surface area (Å²) in [5.74, 6) is 1.41. The van der Waals surface area contributed by atoms with Gasteiger partial charge in [0.15, 0.2) is 0 Å². The molecule has 1 fully saturated rings. The Bertz CT molecular complexity index is 1190. The van der Waals surface area contributed by atoms with Crippen LogP contribution in [0.3, 0.4) is 0 Å². The molecule has 1 N–H and O–H groups in total. The first kappa shape index (κ1) is 27.3. The Labute approximate surface area is 223 Å². The summed E-state index contributed by atoms with van der Waals surface area (Å²) in [5, 5.41) is 10.0. The number of aliphatic hydroxyl groups is 1. The first-order valence-corrected chi connectivity index (χ1v) is 14.0. The molecule has 4 nitrogen and oxygen atoms in total. The van der Waals surface area contributed by atoms with Gasteiger partial charge in [-0.1, -0.05) is 58.0 Å². The van der Waals surface area contributed by atoms with Gasteiger partial charge in [0, 0.05) is 36.5 Å². The Kier molecular flexibility index (Phi) is 9.04. The number of likely N-dealkylation sites (tertiary alicyclic amines) is 1. The van der Waals surface area contributed by atoms with Crippen molar-refractivity contribution >= 4 is 0 Å². The minimum absolute atomic E-state index is 0.173. The minimum atomic E-state index is -0.173. The highest BCUT2D eigenvalue weighted by Gasteiger charge is 2.21. The number of aryl methyl sites for hydroxylation is 4. The van der Waals surface area contributed by atoms with Crippen molar-refractivity contribution < 1.29 is 9.84 Å². The molecule has 2 heterocycles. The maximum Gasteiger partial charge on any atom is 0.123 e. The van der Waals surface area contributed by atoms with Crippen molar-refractivity contribution in [2.75, 3.05) is 13.1 Å². The second-order valence-corrected chi connectivity index (χ2v) is 10.9. The van der Waals surface area contributed by atoms with E-state index in [9.17, 15) is 5.11 Å². The van der Waals surface area contributed by atoms with Gasteiger partial charge >= 0.3 is 0 Å². The van der Waals surface area contributed by atoms with Crippen LogP contribution in [0.1, 0.15) is 85.5 Å². The molecule has 37 heavy (non-hydrogen) atoms. The van der Waals surface area contributed by atoms with Crippen molar-refractivity contribution in [1.82, 2.24) is 9.88 Å². The third-order valence-corrected chi connectivity index (χ3v) is 7.88. The highest BCUT2D eigenvalue weighted by molar-refractivity contribution is 5.69. The Morgan fingerprint density at radius 3 is 2.27 bits per heavy atom. The molecule has 1 saturated heterocycles. The smallest absolute Gasteiger partial charge is 0.123 e. The fourth-order valence-corrected chi connectivity index (χ4v) is 5.40. The number of nitrogens with zero attached hydrogens (tertiary/aromatic N) is 2. The van der Waals surface area contributed by atoms with E-state index in [4.69, 9.17) is 9.72 Å². The van der Waals surface area contributed by atoms with Crippen molar-refractivity contribution in [1.29, 1.82) is 0 Å². The number of aromatic nitrogens is 1. The van der Waals surface area contributed by atoms with Crippen LogP contribution in [0.4, 0.5) is 0 Å². The SMILES string of the molecule is CCc1cccc(CC)c1-c1cc(CN2CCC(O)CC2)c(COc2cc(C(C)C)ccc2C)c(C)n1. The lowest BCUT2D eigenvalue weighted by Crippen LogP contribution is -2.35. The van der Waals surface area contributed by atoms with Crippen molar-refractivity contribution in [2.24, 2.45) is 0 Å². The Morgan fingerprint density at radius 2 is 1.65 bits per heavy atom. The second-order valence-electron chi connectivity index (χ2n) is 10.9. The third kappa shape index (κ3) is 6.42. The minimum Gasteiger partial charge on any atom is -0.489 e. The standard InChI is InChI=1S/C33H44N2O2/c1-7-25-10-9-11-26(8-2)33(25)31-18-28(20-35-16-14-29(36)15-17-35)30(24(6)34-31)21-37-32-19-27(22(3)4)13-12-23(32)5/h9-13,18-19,22,29,36H,7-8,14-17,20-21H2,1-6H3. The van der Waals surface area contributed by atoms with E-state index in [1.807, 2.05) is 0 Å². The number of benzene rings is 2. The summed E-state index contributed by atoms with van der Waals surface area (Å²) in [4.78, 5) is 7.63. The molecule has 1 aliphatic rings. The molecular weight excluding hydrogens is 456 g/mol. The summed E-state index contributed by atoms with van der Waals surface area (Å²) < 4.78 is 6.48. The van der Waals surface area contributed by atoms with E-state index in [0.29, 0.717) is 12.5 Å².